The van der Waals surface area contributed by atoms with Gasteiger partial charge in [-0.15, -0.1) is 0 Å². The minimum atomic E-state index is -0.786. The van der Waals surface area contributed by atoms with E-state index < -0.39 is 18.2 Å². The predicted molar refractivity (Wildman–Crippen MR) is 116 cm³/mol. The fourth-order valence-corrected chi connectivity index (χ4v) is 3.66. The van der Waals surface area contributed by atoms with Crippen LogP contribution in [0.25, 0.3) is 0 Å². The normalized spacial score (nSPS) is 20.3. The standard InChI is InChI=1S/C24H27N3O4/c1-3-20(28)25-19-6-4-5-17(13-19)22-21(23(29)26-18-11-12-18)27(24(30)31-22)14-16-9-7-15(2)8-10-16/h4-10,13,18,21-22H,3,11-12,14H2,1-2H3,(H,25,28)(H,26,29)/t21-,22+/m1/s1. The number of benzene rings is 2. The number of amides is 3. The second-order valence-electron chi connectivity index (χ2n) is 8.17. The van der Waals surface area contributed by atoms with E-state index in [4.69, 9.17) is 4.74 Å². The maximum Gasteiger partial charge on any atom is 0.411 e. The van der Waals surface area contributed by atoms with E-state index in [1.807, 2.05) is 37.3 Å². The van der Waals surface area contributed by atoms with Gasteiger partial charge in [-0.25, -0.2) is 4.79 Å². The molecule has 0 aromatic heterocycles. The summed E-state index contributed by atoms with van der Waals surface area (Å²) in [4.78, 5) is 39.2. The number of hydrogen-bond donors (Lipinski definition) is 2. The van der Waals surface area contributed by atoms with Crippen LogP contribution in [-0.2, 0) is 20.9 Å². The van der Waals surface area contributed by atoms with Crippen LogP contribution in [0.4, 0.5) is 10.5 Å². The van der Waals surface area contributed by atoms with E-state index in [0.29, 0.717) is 17.7 Å². The smallest absolute Gasteiger partial charge is 0.411 e. The lowest BCUT2D eigenvalue weighted by Gasteiger charge is -2.24. The van der Waals surface area contributed by atoms with Crippen LogP contribution < -0.4 is 10.6 Å². The molecule has 0 radical (unpaired) electrons. The van der Waals surface area contributed by atoms with Gasteiger partial charge >= 0.3 is 6.09 Å². The molecule has 0 unspecified atom stereocenters. The zero-order chi connectivity index (χ0) is 22.0. The Morgan fingerprint density at radius 2 is 1.87 bits per heavy atom. The molecule has 1 aliphatic heterocycles. The average molecular weight is 421 g/mol. The largest absolute Gasteiger partial charge is 0.438 e. The van der Waals surface area contributed by atoms with E-state index in [2.05, 4.69) is 10.6 Å². The number of hydrogen-bond acceptors (Lipinski definition) is 4. The fourth-order valence-electron chi connectivity index (χ4n) is 3.66. The molecule has 7 nitrogen and oxygen atoms in total. The molecule has 2 aliphatic rings. The Kier molecular flexibility index (Phi) is 5.93. The third-order valence-electron chi connectivity index (χ3n) is 5.57. The molecular formula is C24H27N3O4. The van der Waals surface area contributed by atoms with Crippen LogP contribution in [0.1, 0.15) is 49.0 Å². The van der Waals surface area contributed by atoms with E-state index in [1.54, 1.807) is 25.1 Å². The molecule has 0 bridgehead atoms. The van der Waals surface area contributed by atoms with Gasteiger partial charge in [-0.2, -0.15) is 0 Å². The molecule has 2 N–H and O–H groups in total. The number of aryl methyl sites for hydroxylation is 1. The van der Waals surface area contributed by atoms with Crippen molar-refractivity contribution in [3.05, 3.63) is 65.2 Å². The van der Waals surface area contributed by atoms with Crippen LogP contribution in [0.5, 0.6) is 0 Å². The van der Waals surface area contributed by atoms with Crippen molar-refractivity contribution in [2.45, 2.75) is 57.8 Å². The number of rotatable bonds is 7. The van der Waals surface area contributed by atoms with E-state index in [0.717, 1.165) is 24.0 Å². The predicted octanol–water partition coefficient (Wildman–Crippen LogP) is 3.68. The zero-order valence-electron chi connectivity index (χ0n) is 17.8. The first-order chi connectivity index (χ1) is 14.9. The Morgan fingerprint density at radius 1 is 1.13 bits per heavy atom. The maximum atomic E-state index is 13.1. The molecule has 1 heterocycles. The van der Waals surface area contributed by atoms with Gasteiger partial charge in [0.25, 0.3) is 0 Å². The second kappa shape index (κ2) is 8.79. The van der Waals surface area contributed by atoms with Gasteiger partial charge in [0, 0.05) is 18.2 Å². The molecule has 1 aliphatic carbocycles. The Bertz CT molecular complexity index is 985. The van der Waals surface area contributed by atoms with Crippen LogP contribution in [0.3, 0.4) is 0 Å². The summed E-state index contributed by atoms with van der Waals surface area (Å²) in [6.45, 7) is 4.06. The van der Waals surface area contributed by atoms with Crippen LogP contribution >= 0.6 is 0 Å². The van der Waals surface area contributed by atoms with Gasteiger partial charge < -0.3 is 15.4 Å². The fraction of sp³-hybridized carbons (Fsp3) is 0.375. The Hall–Kier alpha value is -3.35. The van der Waals surface area contributed by atoms with Gasteiger partial charge in [0.05, 0.1) is 6.54 Å². The third kappa shape index (κ3) is 4.87. The summed E-state index contributed by atoms with van der Waals surface area (Å²) in [7, 11) is 0. The highest BCUT2D eigenvalue weighted by molar-refractivity contribution is 5.91. The minimum Gasteiger partial charge on any atom is -0.438 e. The highest BCUT2D eigenvalue weighted by Gasteiger charge is 2.47. The molecule has 31 heavy (non-hydrogen) atoms. The number of anilines is 1. The summed E-state index contributed by atoms with van der Waals surface area (Å²) in [5.41, 5.74) is 3.33. The molecule has 1 saturated carbocycles. The number of carbonyl (C=O) groups is 3. The van der Waals surface area contributed by atoms with Gasteiger partial charge in [-0.3, -0.25) is 14.5 Å². The number of ether oxygens (including phenoxy) is 1. The molecule has 1 saturated heterocycles. The molecular weight excluding hydrogens is 394 g/mol. The van der Waals surface area contributed by atoms with Crippen molar-refractivity contribution in [3.63, 3.8) is 0 Å². The summed E-state index contributed by atoms with van der Waals surface area (Å²) in [6.07, 6.45) is 0.988. The first-order valence-electron chi connectivity index (χ1n) is 10.7. The molecule has 7 heteroatoms. The molecule has 0 spiro atoms. The maximum absolute atomic E-state index is 13.1. The Labute approximate surface area is 181 Å². The number of nitrogens with zero attached hydrogens (tertiary/aromatic N) is 1. The van der Waals surface area contributed by atoms with Gasteiger partial charge in [-0.1, -0.05) is 48.9 Å². The number of cyclic esters (lactones) is 1. The topological polar surface area (TPSA) is 87.7 Å². The highest BCUT2D eigenvalue weighted by Crippen LogP contribution is 2.35. The van der Waals surface area contributed by atoms with Gasteiger partial charge in [0.2, 0.25) is 11.8 Å². The van der Waals surface area contributed by atoms with Gasteiger partial charge in [-0.05, 0) is 43.0 Å². The molecule has 2 aromatic rings. The molecule has 3 amide bonds. The van der Waals surface area contributed by atoms with Crippen LogP contribution in [0.2, 0.25) is 0 Å². The lowest BCUT2D eigenvalue weighted by Crippen LogP contribution is -2.46. The lowest BCUT2D eigenvalue weighted by molar-refractivity contribution is -0.126. The summed E-state index contributed by atoms with van der Waals surface area (Å²) in [5, 5.41) is 5.83. The van der Waals surface area contributed by atoms with E-state index in [9.17, 15) is 14.4 Å². The quantitative estimate of drug-likeness (QED) is 0.714. The molecule has 2 aromatic carbocycles. The van der Waals surface area contributed by atoms with Crippen molar-refractivity contribution in [2.75, 3.05) is 5.32 Å². The first kappa shape index (κ1) is 20.9. The van der Waals surface area contributed by atoms with Crippen LogP contribution in [0, 0.1) is 6.92 Å². The molecule has 2 atom stereocenters. The van der Waals surface area contributed by atoms with E-state index in [1.165, 1.54) is 4.90 Å². The van der Waals surface area contributed by atoms with Crippen molar-refractivity contribution in [2.24, 2.45) is 0 Å². The first-order valence-corrected chi connectivity index (χ1v) is 10.7. The zero-order valence-corrected chi connectivity index (χ0v) is 17.8. The Morgan fingerprint density at radius 3 is 2.55 bits per heavy atom. The molecule has 2 fully saturated rings. The SMILES string of the molecule is CCC(=O)Nc1cccc([C@@H]2OC(=O)N(Cc3ccc(C)cc3)[C@H]2C(=O)NC2CC2)c1. The number of nitrogens with one attached hydrogen (secondary N) is 2. The minimum absolute atomic E-state index is 0.107. The van der Waals surface area contributed by atoms with E-state index in [-0.39, 0.29) is 24.4 Å². The van der Waals surface area contributed by atoms with Crippen LogP contribution in [-0.4, -0.2) is 34.9 Å². The summed E-state index contributed by atoms with van der Waals surface area (Å²) in [5.74, 6) is -0.321. The highest BCUT2D eigenvalue weighted by atomic mass is 16.6. The van der Waals surface area contributed by atoms with Gasteiger partial charge in [0.15, 0.2) is 12.1 Å². The molecule has 162 valence electrons. The second-order valence-corrected chi connectivity index (χ2v) is 8.17. The molecule has 4 rings (SSSR count). The van der Waals surface area contributed by atoms with Crippen molar-refractivity contribution in [3.8, 4) is 0 Å². The number of carbonyl (C=O) groups excluding carboxylic acids is 3. The monoisotopic (exact) mass is 421 g/mol. The van der Waals surface area contributed by atoms with Crippen molar-refractivity contribution in [1.29, 1.82) is 0 Å². The summed E-state index contributed by atoms with van der Waals surface area (Å²) in [6, 6.07) is 14.4. The van der Waals surface area contributed by atoms with E-state index >= 15 is 0 Å². The van der Waals surface area contributed by atoms with Crippen molar-refractivity contribution in [1.82, 2.24) is 10.2 Å². The average Bonchev–Trinajstić information content (AvgIpc) is 3.51. The van der Waals surface area contributed by atoms with Crippen LogP contribution in [0.15, 0.2) is 48.5 Å². The van der Waals surface area contributed by atoms with Gasteiger partial charge in [0.1, 0.15) is 0 Å². The summed E-state index contributed by atoms with van der Waals surface area (Å²) >= 11 is 0. The summed E-state index contributed by atoms with van der Waals surface area (Å²) < 4.78 is 5.69. The Balaban J connectivity index is 1.62. The lowest BCUT2D eigenvalue weighted by atomic mass is 10.00. The van der Waals surface area contributed by atoms with Crippen molar-refractivity contribution >= 4 is 23.6 Å². The van der Waals surface area contributed by atoms with Crippen molar-refractivity contribution < 1.29 is 19.1 Å². The third-order valence-corrected chi connectivity index (χ3v) is 5.57.